The number of carbonyl (C=O) groups excluding carboxylic acids is 3. The fourth-order valence-corrected chi connectivity index (χ4v) is 4.12. The molecular weight excluding hydrogens is 320 g/mol. The Hall–Kier alpha value is -2.44. The van der Waals surface area contributed by atoms with E-state index < -0.39 is 11.6 Å². The zero-order chi connectivity index (χ0) is 17.6. The van der Waals surface area contributed by atoms with Gasteiger partial charge in [0.15, 0.2) is 0 Å². The van der Waals surface area contributed by atoms with Crippen LogP contribution in [0.2, 0.25) is 0 Å². The SMILES string of the molecule is CC1CCC2(CC1)NC(=O)N(CC(=O)N1CCc3ccncc31)C2=O. The van der Waals surface area contributed by atoms with E-state index in [4.69, 9.17) is 0 Å². The van der Waals surface area contributed by atoms with E-state index >= 15 is 0 Å². The highest BCUT2D eigenvalue weighted by Gasteiger charge is 2.52. The van der Waals surface area contributed by atoms with E-state index in [9.17, 15) is 14.4 Å². The summed E-state index contributed by atoms with van der Waals surface area (Å²) in [6.07, 6.45) is 7.28. The Morgan fingerprint density at radius 1 is 1.36 bits per heavy atom. The first kappa shape index (κ1) is 16.1. The van der Waals surface area contributed by atoms with Crippen LogP contribution in [0.3, 0.4) is 0 Å². The standard InChI is InChI=1S/C18H22N4O3/c1-12-2-6-18(7-3-12)16(24)22(17(25)20-18)11-15(23)21-9-5-13-4-8-19-10-14(13)21/h4,8,10,12H,2-3,5-7,9,11H2,1H3,(H,20,25). The maximum atomic E-state index is 12.9. The van der Waals surface area contributed by atoms with Crippen LogP contribution in [0.15, 0.2) is 18.5 Å². The van der Waals surface area contributed by atoms with E-state index in [0.717, 1.165) is 35.4 Å². The van der Waals surface area contributed by atoms with Gasteiger partial charge in [0.1, 0.15) is 12.1 Å². The molecule has 1 aliphatic carbocycles. The third kappa shape index (κ3) is 2.58. The average molecular weight is 342 g/mol. The second kappa shape index (κ2) is 5.82. The van der Waals surface area contributed by atoms with Gasteiger partial charge < -0.3 is 10.2 Å². The number of amides is 4. The lowest BCUT2D eigenvalue weighted by Gasteiger charge is -2.33. The molecule has 7 heteroatoms. The molecule has 0 atom stereocenters. The molecule has 1 aromatic heterocycles. The van der Waals surface area contributed by atoms with Crippen LogP contribution in [0, 0.1) is 5.92 Å². The van der Waals surface area contributed by atoms with Gasteiger partial charge in [0, 0.05) is 12.7 Å². The van der Waals surface area contributed by atoms with Gasteiger partial charge in [-0.15, -0.1) is 0 Å². The number of rotatable bonds is 2. The first-order chi connectivity index (χ1) is 12.0. The van der Waals surface area contributed by atoms with Crippen molar-refractivity contribution in [2.24, 2.45) is 5.92 Å². The van der Waals surface area contributed by atoms with Crippen LogP contribution in [-0.2, 0) is 16.0 Å². The molecule has 1 saturated heterocycles. The molecule has 0 unspecified atom stereocenters. The molecule has 1 saturated carbocycles. The summed E-state index contributed by atoms with van der Waals surface area (Å²) in [5.41, 5.74) is 1.05. The third-order valence-corrected chi connectivity index (χ3v) is 5.75. The number of urea groups is 1. The number of hydrogen-bond acceptors (Lipinski definition) is 4. The number of pyridine rings is 1. The van der Waals surface area contributed by atoms with Crippen molar-refractivity contribution in [1.29, 1.82) is 0 Å². The zero-order valence-electron chi connectivity index (χ0n) is 14.3. The summed E-state index contributed by atoms with van der Waals surface area (Å²) >= 11 is 0. The summed E-state index contributed by atoms with van der Waals surface area (Å²) < 4.78 is 0. The number of nitrogens with one attached hydrogen (secondary N) is 1. The summed E-state index contributed by atoms with van der Waals surface area (Å²) in [5, 5.41) is 2.86. The molecule has 0 aromatic carbocycles. The van der Waals surface area contributed by atoms with Crippen LogP contribution in [0.4, 0.5) is 10.5 Å². The summed E-state index contributed by atoms with van der Waals surface area (Å²) in [7, 11) is 0. The van der Waals surface area contributed by atoms with Gasteiger partial charge in [-0.1, -0.05) is 6.92 Å². The Bertz CT molecular complexity index is 740. The second-order valence-corrected chi connectivity index (χ2v) is 7.39. The Kier molecular flexibility index (Phi) is 3.74. The molecule has 3 aliphatic rings. The largest absolute Gasteiger partial charge is 0.325 e. The molecule has 7 nitrogen and oxygen atoms in total. The van der Waals surface area contributed by atoms with Crippen LogP contribution in [0.5, 0.6) is 0 Å². The number of hydrogen-bond donors (Lipinski definition) is 1. The molecule has 1 aromatic rings. The fourth-order valence-electron chi connectivity index (χ4n) is 4.12. The quantitative estimate of drug-likeness (QED) is 0.825. The Morgan fingerprint density at radius 2 is 2.12 bits per heavy atom. The molecule has 25 heavy (non-hydrogen) atoms. The van der Waals surface area contributed by atoms with Crippen LogP contribution in [0.1, 0.15) is 38.2 Å². The first-order valence-corrected chi connectivity index (χ1v) is 8.87. The lowest BCUT2D eigenvalue weighted by atomic mass is 9.77. The van der Waals surface area contributed by atoms with Crippen molar-refractivity contribution in [3.05, 3.63) is 24.0 Å². The van der Waals surface area contributed by atoms with E-state index in [1.54, 1.807) is 17.3 Å². The normalized spacial score (nSPS) is 28.4. The van der Waals surface area contributed by atoms with Crippen molar-refractivity contribution in [2.45, 2.75) is 44.6 Å². The summed E-state index contributed by atoms with van der Waals surface area (Å²) in [4.78, 5) is 44.7. The summed E-state index contributed by atoms with van der Waals surface area (Å²) in [6, 6.07) is 1.45. The minimum atomic E-state index is -0.797. The van der Waals surface area contributed by atoms with Crippen molar-refractivity contribution < 1.29 is 14.4 Å². The maximum Gasteiger partial charge on any atom is 0.325 e. The summed E-state index contributed by atoms with van der Waals surface area (Å²) in [6.45, 7) is 2.51. The molecule has 1 N–H and O–H groups in total. The van der Waals surface area contributed by atoms with Crippen LogP contribution in [0.25, 0.3) is 0 Å². The van der Waals surface area contributed by atoms with Gasteiger partial charge in [0.05, 0.1) is 11.9 Å². The van der Waals surface area contributed by atoms with Gasteiger partial charge in [-0.05, 0) is 49.7 Å². The van der Waals surface area contributed by atoms with Gasteiger partial charge in [-0.25, -0.2) is 4.79 Å². The topological polar surface area (TPSA) is 82.6 Å². The molecule has 132 valence electrons. The molecule has 1 spiro atoms. The first-order valence-electron chi connectivity index (χ1n) is 8.87. The fraction of sp³-hybridized carbons (Fsp3) is 0.556. The van der Waals surface area contributed by atoms with Gasteiger partial charge in [-0.3, -0.25) is 19.5 Å². The minimum Gasteiger partial charge on any atom is -0.323 e. The highest BCUT2D eigenvalue weighted by atomic mass is 16.2. The number of fused-ring (bicyclic) bond motifs is 1. The van der Waals surface area contributed by atoms with E-state index in [1.165, 1.54) is 0 Å². The second-order valence-electron chi connectivity index (χ2n) is 7.39. The molecule has 2 aliphatic heterocycles. The Balaban J connectivity index is 1.49. The molecular formula is C18H22N4O3. The Labute approximate surface area is 146 Å². The lowest BCUT2D eigenvalue weighted by molar-refractivity contribution is -0.135. The number of nitrogens with zero attached hydrogens (tertiary/aromatic N) is 3. The highest BCUT2D eigenvalue weighted by Crippen LogP contribution is 2.36. The molecule has 2 fully saturated rings. The van der Waals surface area contributed by atoms with Gasteiger partial charge >= 0.3 is 6.03 Å². The molecule has 0 bridgehead atoms. The van der Waals surface area contributed by atoms with Crippen molar-refractivity contribution in [1.82, 2.24) is 15.2 Å². The molecule has 0 radical (unpaired) electrons. The number of carbonyl (C=O) groups is 3. The average Bonchev–Trinajstić information content (AvgIpc) is 3.13. The smallest absolute Gasteiger partial charge is 0.323 e. The number of imide groups is 1. The lowest BCUT2D eigenvalue weighted by Crippen LogP contribution is -2.50. The van der Waals surface area contributed by atoms with Gasteiger partial charge in [-0.2, -0.15) is 0 Å². The van der Waals surface area contributed by atoms with Crippen LogP contribution in [-0.4, -0.2) is 46.4 Å². The zero-order valence-corrected chi connectivity index (χ0v) is 14.3. The minimum absolute atomic E-state index is 0.212. The van der Waals surface area contributed by atoms with Crippen LogP contribution >= 0.6 is 0 Å². The van der Waals surface area contributed by atoms with E-state index in [1.807, 2.05) is 6.07 Å². The highest BCUT2D eigenvalue weighted by molar-refractivity contribution is 6.10. The predicted molar refractivity (Wildman–Crippen MR) is 90.9 cm³/mol. The summed E-state index contributed by atoms with van der Waals surface area (Å²) in [5.74, 6) is 0.0828. The van der Waals surface area contributed by atoms with Crippen molar-refractivity contribution in [2.75, 3.05) is 18.0 Å². The van der Waals surface area contributed by atoms with E-state index in [0.29, 0.717) is 25.3 Å². The van der Waals surface area contributed by atoms with Crippen LogP contribution < -0.4 is 10.2 Å². The van der Waals surface area contributed by atoms with Gasteiger partial charge in [0.25, 0.3) is 5.91 Å². The predicted octanol–water partition coefficient (Wildman–Crippen LogP) is 1.47. The van der Waals surface area contributed by atoms with E-state index in [-0.39, 0.29) is 18.4 Å². The van der Waals surface area contributed by atoms with Crippen molar-refractivity contribution >= 4 is 23.5 Å². The third-order valence-electron chi connectivity index (χ3n) is 5.75. The molecule has 3 heterocycles. The van der Waals surface area contributed by atoms with Crippen molar-refractivity contribution in [3.8, 4) is 0 Å². The Morgan fingerprint density at radius 3 is 2.88 bits per heavy atom. The number of anilines is 1. The maximum absolute atomic E-state index is 12.9. The molecule has 4 amide bonds. The van der Waals surface area contributed by atoms with Crippen molar-refractivity contribution in [3.63, 3.8) is 0 Å². The van der Waals surface area contributed by atoms with Gasteiger partial charge in [0.2, 0.25) is 5.91 Å². The number of aromatic nitrogens is 1. The monoisotopic (exact) mass is 342 g/mol. The molecule has 4 rings (SSSR count). The van der Waals surface area contributed by atoms with E-state index in [2.05, 4.69) is 17.2 Å².